The van der Waals surface area contributed by atoms with Gasteiger partial charge in [0.2, 0.25) is 0 Å². The summed E-state index contributed by atoms with van der Waals surface area (Å²) in [6, 6.07) is 4.23. The molecule has 16 heavy (non-hydrogen) atoms. The van der Waals surface area contributed by atoms with E-state index in [-0.39, 0.29) is 11.5 Å². The van der Waals surface area contributed by atoms with Gasteiger partial charge in [-0.3, -0.25) is 0 Å². The molecule has 0 saturated carbocycles. The summed E-state index contributed by atoms with van der Waals surface area (Å²) < 4.78 is 0. The van der Waals surface area contributed by atoms with Crippen molar-refractivity contribution >= 4 is 11.3 Å². The molecule has 92 valence electrons. The molecule has 0 saturated heterocycles. The second-order valence-electron chi connectivity index (χ2n) is 6.00. The second kappa shape index (κ2) is 4.89. The highest BCUT2D eigenvalue weighted by molar-refractivity contribution is 7.12. The van der Waals surface area contributed by atoms with Gasteiger partial charge < -0.3 is 5.11 Å². The zero-order chi connectivity index (χ0) is 12.5. The summed E-state index contributed by atoms with van der Waals surface area (Å²) in [6.07, 6.45) is -0.318. The van der Waals surface area contributed by atoms with Gasteiger partial charge in [0.15, 0.2) is 0 Å². The summed E-state index contributed by atoms with van der Waals surface area (Å²) in [5.41, 5.74) is 0.184. The van der Waals surface area contributed by atoms with Crippen LogP contribution in [0.5, 0.6) is 0 Å². The lowest BCUT2D eigenvalue weighted by Crippen LogP contribution is -2.13. The number of hydrogen-bond acceptors (Lipinski definition) is 2. The molecule has 0 radical (unpaired) electrons. The largest absolute Gasteiger partial charge is 0.387 e. The quantitative estimate of drug-likeness (QED) is 0.831. The van der Waals surface area contributed by atoms with Crippen molar-refractivity contribution in [3.8, 4) is 0 Å². The van der Waals surface area contributed by atoms with Crippen molar-refractivity contribution in [2.24, 2.45) is 11.8 Å². The predicted molar refractivity (Wildman–Crippen MR) is 72.0 cm³/mol. The fourth-order valence-corrected chi connectivity index (χ4v) is 2.71. The molecule has 2 atom stereocenters. The molecule has 1 N–H and O–H groups in total. The van der Waals surface area contributed by atoms with Crippen molar-refractivity contribution in [2.75, 3.05) is 0 Å². The highest BCUT2D eigenvalue weighted by Gasteiger charge is 2.23. The third-order valence-corrected chi connectivity index (χ3v) is 4.79. The van der Waals surface area contributed by atoms with Gasteiger partial charge in [-0.15, -0.1) is 11.3 Å². The van der Waals surface area contributed by atoms with E-state index in [9.17, 15) is 5.11 Å². The molecule has 0 aliphatic rings. The molecule has 0 fully saturated rings. The predicted octanol–water partition coefficient (Wildman–Crippen LogP) is 4.37. The molecule has 1 nitrogen and oxygen atoms in total. The molecule has 1 aromatic rings. The van der Waals surface area contributed by atoms with Crippen LogP contribution in [-0.2, 0) is 5.41 Å². The average molecular weight is 240 g/mol. The van der Waals surface area contributed by atoms with Crippen LogP contribution in [0.2, 0.25) is 0 Å². The fraction of sp³-hybridized carbons (Fsp3) is 0.714. The van der Waals surface area contributed by atoms with Crippen molar-refractivity contribution in [1.82, 2.24) is 0 Å². The lowest BCUT2D eigenvalue weighted by molar-refractivity contribution is 0.0953. The van der Waals surface area contributed by atoms with Gasteiger partial charge in [0.05, 0.1) is 6.10 Å². The van der Waals surface area contributed by atoms with Gasteiger partial charge in [-0.25, -0.2) is 0 Å². The first-order valence-corrected chi connectivity index (χ1v) is 6.83. The van der Waals surface area contributed by atoms with Crippen LogP contribution in [0, 0.1) is 11.8 Å². The number of aliphatic hydroxyl groups is 1. The second-order valence-corrected chi connectivity index (χ2v) is 7.12. The SMILES string of the molecule is CC(C)C(C)C(O)c1ccc(C(C)(C)C)s1. The summed E-state index contributed by atoms with van der Waals surface area (Å²) in [6.45, 7) is 13.1. The van der Waals surface area contributed by atoms with Crippen LogP contribution in [0.25, 0.3) is 0 Å². The van der Waals surface area contributed by atoms with Crippen molar-refractivity contribution in [2.45, 2.75) is 53.1 Å². The maximum absolute atomic E-state index is 10.2. The highest BCUT2D eigenvalue weighted by Crippen LogP contribution is 2.36. The molecule has 0 bridgehead atoms. The van der Waals surface area contributed by atoms with Gasteiger partial charge in [-0.05, 0) is 29.4 Å². The topological polar surface area (TPSA) is 20.2 Å². The summed E-state index contributed by atoms with van der Waals surface area (Å²) in [7, 11) is 0. The van der Waals surface area contributed by atoms with Crippen LogP contribution < -0.4 is 0 Å². The maximum Gasteiger partial charge on any atom is 0.0909 e. The molecule has 2 heteroatoms. The summed E-state index contributed by atoms with van der Waals surface area (Å²) in [5.74, 6) is 0.821. The molecular weight excluding hydrogens is 216 g/mol. The van der Waals surface area contributed by atoms with E-state index in [2.05, 4.69) is 53.7 Å². The van der Waals surface area contributed by atoms with Crippen LogP contribution in [0.1, 0.15) is 57.4 Å². The van der Waals surface area contributed by atoms with Gasteiger partial charge in [0.25, 0.3) is 0 Å². The number of aliphatic hydroxyl groups excluding tert-OH is 1. The van der Waals surface area contributed by atoms with E-state index < -0.39 is 0 Å². The standard InChI is InChI=1S/C14H24OS/c1-9(2)10(3)13(15)11-7-8-12(16-11)14(4,5)6/h7-10,13,15H,1-6H3. The van der Waals surface area contributed by atoms with E-state index in [0.717, 1.165) is 4.88 Å². The van der Waals surface area contributed by atoms with E-state index in [4.69, 9.17) is 0 Å². The Labute approximate surface area is 104 Å². The average Bonchev–Trinajstić information content (AvgIpc) is 2.63. The normalized spacial score (nSPS) is 16.5. The van der Waals surface area contributed by atoms with E-state index in [1.54, 1.807) is 11.3 Å². The molecule has 0 amide bonds. The van der Waals surface area contributed by atoms with Gasteiger partial charge >= 0.3 is 0 Å². The van der Waals surface area contributed by atoms with Crippen LogP contribution in [0.15, 0.2) is 12.1 Å². The molecule has 1 rings (SSSR count). The Bertz CT molecular complexity index is 333. The van der Waals surface area contributed by atoms with Gasteiger partial charge in [-0.2, -0.15) is 0 Å². The monoisotopic (exact) mass is 240 g/mol. The Hall–Kier alpha value is -0.340. The first kappa shape index (κ1) is 13.7. The Morgan fingerprint density at radius 3 is 2.06 bits per heavy atom. The lowest BCUT2D eigenvalue weighted by Gasteiger charge is -2.21. The van der Waals surface area contributed by atoms with E-state index in [1.165, 1.54) is 4.88 Å². The van der Waals surface area contributed by atoms with Crippen LogP contribution in [0.4, 0.5) is 0 Å². The highest BCUT2D eigenvalue weighted by atomic mass is 32.1. The first-order valence-electron chi connectivity index (χ1n) is 6.01. The zero-order valence-electron chi connectivity index (χ0n) is 11.2. The molecule has 0 spiro atoms. The Balaban J connectivity index is 2.86. The molecule has 0 aliphatic heterocycles. The van der Waals surface area contributed by atoms with Gasteiger partial charge in [0.1, 0.15) is 0 Å². The van der Waals surface area contributed by atoms with Crippen LogP contribution >= 0.6 is 11.3 Å². The number of hydrogen-bond donors (Lipinski definition) is 1. The number of rotatable bonds is 3. The minimum absolute atomic E-state index is 0.184. The minimum Gasteiger partial charge on any atom is -0.387 e. The van der Waals surface area contributed by atoms with Crippen molar-refractivity contribution < 1.29 is 5.11 Å². The van der Waals surface area contributed by atoms with Crippen molar-refractivity contribution in [1.29, 1.82) is 0 Å². The summed E-state index contributed by atoms with van der Waals surface area (Å²) >= 11 is 1.74. The minimum atomic E-state index is -0.318. The third-order valence-electron chi connectivity index (χ3n) is 3.21. The molecule has 2 unspecified atom stereocenters. The first-order chi connectivity index (χ1) is 7.23. The maximum atomic E-state index is 10.2. The molecule has 0 aliphatic carbocycles. The molecule has 1 heterocycles. The van der Waals surface area contributed by atoms with E-state index in [1.807, 2.05) is 0 Å². The van der Waals surface area contributed by atoms with Crippen LogP contribution in [0.3, 0.4) is 0 Å². The summed E-state index contributed by atoms with van der Waals surface area (Å²) in [4.78, 5) is 2.45. The van der Waals surface area contributed by atoms with Crippen molar-refractivity contribution in [3.63, 3.8) is 0 Å². The molecular formula is C14H24OS. The van der Waals surface area contributed by atoms with Gasteiger partial charge in [-0.1, -0.05) is 41.5 Å². The number of thiophene rings is 1. The van der Waals surface area contributed by atoms with E-state index >= 15 is 0 Å². The Morgan fingerprint density at radius 2 is 1.69 bits per heavy atom. The Kier molecular flexibility index (Phi) is 4.19. The lowest BCUT2D eigenvalue weighted by atomic mass is 9.91. The van der Waals surface area contributed by atoms with E-state index in [0.29, 0.717) is 11.8 Å². The smallest absolute Gasteiger partial charge is 0.0909 e. The Morgan fingerprint density at radius 1 is 1.12 bits per heavy atom. The molecule has 0 aromatic carbocycles. The molecule has 1 aromatic heterocycles. The fourth-order valence-electron chi connectivity index (χ4n) is 1.54. The zero-order valence-corrected chi connectivity index (χ0v) is 12.1. The summed E-state index contributed by atoms with van der Waals surface area (Å²) in [5, 5.41) is 10.2. The third kappa shape index (κ3) is 3.08. The van der Waals surface area contributed by atoms with Gasteiger partial charge in [0, 0.05) is 9.75 Å². The van der Waals surface area contributed by atoms with Crippen molar-refractivity contribution in [3.05, 3.63) is 21.9 Å². The van der Waals surface area contributed by atoms with Crippen LogP contribution in [-0.4, -0.2) is 5.11 Å².